The van der Waals surface area contributed by atoms with Crippen LogP contribution in [0.2, 0.25) is 0 Å². The number of hydrogen-bond acceptors (Lipinski definition) is 5. The fourth-order valence-corrected chi connectivity index (χ4v) is 5.87. The average molecular weight is 498 g/mol. The molecule has 0 bridgehead atoms. The Morgan fingerprint density at radius 2 is 1.86 bits per heavy atom. The van der Waals surface area contributed by atoms with Crippen molar-refractivity contribution in [2.75, 3.05) is 19.7 Å². The van der Waals surface area contributed by atoms with E-state index in [0.29, 0.717) is 38.0 Å². The number of fused-ring (bicyclic) bond motifs is 1. The lowest BCUT2D eigenvalue weighted by molar-refractivity contribution is -0.118. The van der Waals surface area contributed by atoms with Crippen molar-refractivity contribution < 1.29 is 22.7 Å². The summed E-state index contributed by atoms with van der Waals surface area (Å²) in [6.45, 7) is 7.07. The lowest BCUT2D eigenvalue weighted by Crippen LogP contribution is -2.53. The van der Waals surface area contributed by atoms with Crippen molar-refractivity contribution in [3.05, 3.63) is 71.8 Å². The predicted octanol–water partition coefficient (Wildman–Crippen LogP) is 2.79. The third-order valence-electron chi connectivity index (χ3n) is 6.62. The molecule has 0 atom stereocenters. The topological polar surface area (TPSA) is 105 Å². The van der Waals surface area contributed by atoms with Crippen molar-refractivity contribution in [2.24, 2.45) is 0 Å². The van der Waals surface area contributed by atoms with Crippen molar-refractivity contribution in [1.29, 1.82) is 0 Å². The van der Waals surface area contributed by atoms with E-state index in [9.17, 15) is 18.0 Å². The number of benzene rings is 2. The van der Waals surface area contributed by atoms with Crippen molar-refractivity contribution in [3.63, 3.8) is 0 Å². The van der Waals surface area contributed by atoms with Gasteiger partial charge in [-0.15, -0.1) is 0 Å². The number of sulfonamides is 1. The Kier molecular flexibility index (Phi) is 7.28. The summed E-state index contributed by atoms with van der Waals surface area (Å²) in [5.41, 5.74) is 2.06. The summed E-state index contributed by atoms with van der Waals surface area (Å²) in [6.07, 6.45) is 4.17. The molecule has 2 amide bonds. The SMILES string of the molecule is C=CC(=O)NC1(C)CCN(S(=O)(=O)c2ccc(C(=O)NCc3ccc4c(c3)CCCO4)cc2)CC1. The molecule has 0 radical (unpaired) electrons. The molecule has 2 aliphatic heterocycles. The normalized spacial score (nSPS) is 17.5. The molecule has 0 spiro atoms. The maximum atomic E-state index is 13.1. The Morgan fingerprint density at radius 1 is 1.14 bits per heavy atom. The molecule has 0 saturated carbocycles. The molecule has 2 aromatic carbocycles. The van der Waals surface area contributed by atoms with Crippen LogP contribution in [0.25, 0.3) is 0 Å². The highest BCUT2D eigenvalue weighted by atomic mass is 32.2. The molecule has 4 rings (SSSR count). The number of rotatable bonds is 7. The van der Waals surface area contributed by atoms with Gasteiger partial charge in [0.2, 0.25) is 15.9 Å². The summed E-state index contributed by atoms with van der Waals surface area (Å²) in [5, 5.41) is 5.78. The lowest BCUT2D eigenvalue weighted by Gasteiger charge is -2.39. The number of nitrogens with zero attached hydrogens (tertiary/aromatic N) is 1. The Bertz CT molecular complexity index is 1220. The fraction of sp³-hybridized carbons (Fsp3) is 0.385. The second-order valence-electron chi connectivity index (χ2n) is 9.26. The van der Waals surface area contributed by atoms with Gasteiger partial charge in [0.25, 0.3) is 5.91 Å². The number of hydrogen-bond donors (Lipinski definition) is 2. The van der Waals surface area contributed by atoms with Gasteiger partial charge in [-0.2, -0.15) is 4.31 Å². The van der Waals surface area contributed by atoms with Gasteiger partial charge >= 0.3 is 0 Å². The quantitative estimate of drug-likeness (QED) is 0.573. The number of carbonyl (C=O) groups excluding carboxylic acids is 2. The van der Waals surface area contributed by atoms with E-state index in [2.05, 4.69) is 23.3 Å². The Labute approximate surface area is 206 Å². The van der Waals surface area contributed by atoms with Crippen molar-refractivity contribution in [3.8, 4) is 5.75 Å². The van der Waals surface area contributed by atoms with Crippen LogP contribution in [0.4, 0.5) is 0 Å². The number of aryl methyl sites for hydroxylation is 1. The number of piperidine rings is 1. The average Bonchev–Trinajstić information content (AvgIpc) is 2.87. The van der Waals surface area contributed by atoms with Crippen LogP contribution < -0.4 is 15.4 Å². The van der Waals surface area contributed by atoms with Gasteiger partial charge in [-0.25, -0.2) is 8.42 Å². The van der Waals surface area contributed by atoms with E-state index in [-0.39, 0.29) is 16.7 Å². The maximum absolute atomic E-state index is 13.1. The van der Waals surface area contributed by atoms with Gasteiger partial charge < -0.3 is 15.4 Å². The van der Waals surface area contributed by atoms with Crippen LogP contribution in [0.5, 0.6) is 5.75 Å². The van der Waals surface area contributed by atoms with Gasteiger partial charge in [-0.05, 0) is 80.1 Å². The molecule has 1 fully saturated rings. The van der Waals surface area contributed by atoms with Crippen molar-refractivity contribution in [2.45, 2.75) is 49.6 Å². The smallest absolute Gasteiger partial charge is 0.251 e. The van der Waals surface area contributed by atoms with Gasteiger partial charge in [-0.1, -0.05) is 18.7 Å². The first-order valence-corrected chi connectivity index (χ1v) is 13.2. The summed E-state index contributed by atoms with van der Waals surface area (Å²) in [7, 11) is -3.70. The molecule has 2 N–H and O–H groups in total. The van der Waals surface area contributed by atoms with Crippen molar-refractivity contribution >= 4 is 21.8 Å². The molecule has 8 nitrogen and oxygen atoms in total. The lowest BCUT2D eigenvalue weighted by atomic mass is 9.90. The molecule has 186 valence electrons. The number of carbonyl (C=O) groups is 2. The zero-order valence-corrected chi connectivity index (χ0v) is 20.7. The zero-order valence-electron chi connectivity index (χ0n) is 19.9. The monoisotopic (exact) mass is 497 g/mol. The van der Waals surface area contributed by atoms with Crippen LogP contribution in [-0.2, 0) is 27.8 Å². The first-order chi connectivity index (χ1) is 16.7. The van der Waals surface area contributed by atoms with Gasteiger partial charge in [0, 0.05) is 30.7 Å². The molecule has 0 unspecified atom stereocenters. The highest BCUT2D eigenvalue weighted by molar-refractivity contribution is 7.89. The van der Waals surface area contributed by atoms with Gasteiger partial charge in [0.1, 0.15) is 5.75 Å². The molecule has 2 heterocycles. The van der Waals surface area contributed by atoms with Crippen LogP contribution in [0.1, 0.15) is 47.7 Å². The van der Waals surface area contributed by atoms with E-state index in [4.69, 9.17) is 4.74 Å². The molecular weight excluding hydrogens is 466 g/mol. The number of ether oxygens (including phenoxy) is 1. The summed E-state index contributed by atoms with van der Waals surface area (Å²) in [4.78, 5) is 24.4. The molecular formula is C26H31N3O5S. The van der Waals surface area contributed by atoms with Crippen LogP contribution >= 0.6 is 0 Å². The summed E-state index contributed by atoms with van der Waals surface area (Å²) in [5.74, 6) is 0.371. The molecule has 1 saturated heterocycles. The van der Waals surface area contributed by atoms with E-state index < -0.39 is 15.6 Å². The third-order valence-corrected chi connectivity index (χ3v) is 8.53. The second-order valence-corrected chi connectivity index (χ2v) is 11.2. The molecule has 0 aliphatic carbocycles. The standard InChI is InChI=1S/C26H31N3O5S/c1-3-24(30)28-26(2)12-14-29(15-13-26)35(32,33)22-9-7-20(8-10-22)25(31)27-18-19-6-11-23-21(17-19)5-4-16-34-23/h3,6-11,17H,1,4-5,12-16,18H2,2H3,(H,27,31)(H,28,30). The van der Waals surface area contributed by atoms with E-state index >= 15 is 0 Å². The Balaban J connectivity index is 1.35. The molecule has 2 aromatic rings. The molecule has 9 heteroatoms. The molecule has 0 aromatic heterocycles. The maximum Gasteiger partial charge on any atom is 0.251 e. The van der Waals surface area contributed by atoms with E-state index in [1.54, 1.807) is 0 Å². The van der Waals surface area contributed by atoms with Crippen LogP contribution in [0.15, 0.2) is 60.0 Å². The number of nitrogens with one attached hydrogen (secondary N) is 2. The largest absolute Gasteiger partial charge is 0.493 e. The summed E-state index contributed by atoms with van der Waals surface area (Å²) in [6, 6.07) is 11.9. The Morgan fingerprint density at radius 3 is 2.54 bits per heavy atom. The predicted molar refractivity (Wildman–Crippen MR) is 133 cm³/mol. The fourth-order valence-electron chi connectivity index (χ4n) is 4.43. The second kappa shape index (κ2) is 10.2. The zero-order chi connectivity index (χ0) is 25.1. The minimum Gasteiger partial charge on any atom is -0.493 e. The van der Waals surface area contributed by atoms with Crippen LogP contribution in [-0.4, -0.2) is 49.8 Å². The minimum atomic E-state index is -3.70. The highest BCUT2D eigenvalue weighted by Gasteiger charge is 2.36. The minimum absolute atomic E-state index is 0.141. The van der Waals surface area contributed by atoms with E-state index in [0.717, 1.165) is 36.3 Å². The Hall–Kier alpha value is -3.17. The van der Waals surface area contributed by atoms with Gasteiger partial charge in [0.15, 0.2) is 0 Å². The highest BCUT2D eigenvalue weighted by Crippen LogP contribution is 2.27. The van der Waals surface area contributed by atoms with Gasteiger partial charge in [-0.3, -0.25) is 9.59 Å². The van der Waals surface area contributed by atoms with Crippen LogP contribution in [0, 0.1) is 0 Å². The summed E-state index contributed by atoms with van der Waals surface area (Å²) >= 11 is 0. The van der Waals surface area contributed by atoms with Crippen LogP contribution in [0.3, 0.4) is 0 Å². The molecule has 35 heavy (non-hydrogen) atoms. The van der Waals surface area contributed by atoms with E-state index in [1.165, 1.54) is 34.6 Å². The summed E-state index contributed by atoms with van der Waals surface area (Å²) < 4.78 is 33.2. The molecule has 2 aliphatic rings. The van der Waals surface area contributed by atoms with Gasteiger partial charge in [0.05, 0.1) is 11.5 Å². The van der Waals surface area contributed by atoms with E-state index in [1.807, 2.05) is 19.1 Å². The number of amides is 2. The third kappa shape index (κ3) is 5.74. The van der Waals surface area contributed by atoms with Crippen molar-refractivity contribution in [1.82, 2.24) is 14.9 Å². The first kappa shape index (κ1) is 24.9. The first-order valence-electron chi connectivity index (χ1n) is 11.8.